The summed E-state index contributed by atoms with van der Waals surface area (Å²) in [5, 5.41) is 3.53. The smallest absolute Gasteiger partial charge is 0.416 e. The Morgan fingerprint density at radius 2 is 2.04 bits per heavy atom. The fourth-order valence-electron chi connectivity index (χ4n) is 2.94. The number of methoxy groups -OCH3 is 1. The molecule has 1 aromatic heterocycles. The molecule has 0 aliphatic carbocycles. The minimum atomic E-state index is -4.42. The highest BCUT2D eigenvalue weighted by Crippen LogP contribution is 2.38. The van der Waals surface area contributed by atoms with Crippen LogP contribution >= 0.6 is 0 Å². The van der Waals surface area contributed by atoms with Gasteiger partial charge in [0.25, 0.3) is 0 Å². The number of nitrogens with one attached hydrogen (secondary N) is 1. The Morgan fingerprint density at radius 3 is 2.82 bits per heavy atom. The lowest BCUT2D eigenvalue weighted by molar-refractivity contribution is -0.137. The third-order valence-corrected chi connectivity index (χ3v) is 4.22. The van der Waals surface area contributed by atoms with Crippen LogP contribution < -0.4 is 14.8 Å². The van der Waals surface area contributed by atoms with E-state index in [2.05, 4.69) is 15.3 Å². The highest BCUT2D eigenvalue weighted by Gasteiger charge is 2.30. The van der Waals surface area contributed by atoms with Gasteiger partial charge in [-0.2, -0.15) is 13.2 Å². The normalized spacial score (nSPS) is 16.2. The van der Waals surface area contributed by atoms with E-state index in [0.29, 0.717) is 41.4 Å². The molecular weight excluding hydrogens is 375 g/mol. The number of nitrogens with zero attached hydrogens (tertiary/aromatic N) is 2. The molecule has 6 nitrogen and oxygen atoms in total. The minimum absolute atomic E-state index is 0.251. The van der Waals surface area contributed by atoms with Crippen LogP contribution in [-0.4, -0.2) is 36.4 Å². The quantitative estimate of drug-likeness (QED) is 0.720. The molecule has 0 radical (unpaired) electrons. The van der Waals surface area contributed by atoms with Gasteiger partial charge < -0.3 is 19.5 Å². The van der Waals surface area contributed by atoms with Gasteiger partial charge in [0, 0.05) is 24.2 Å². The first-order chi connectivity index (χ1) is 13.4. The molecule has 146 valence electrons. The van der Waals surface area contributed by atoms with Crippen molar-refractivity contribution in [2.24, 2.45) is 0 Å². The summed E-state index contributed by atoms with van der Waals surface area (Å²) in [6.45, 7) is 0.727. The molecule has 2 heterocycles. The van der Waals surface area contributed by atoms with E-state index in [1.165, 1.54) is 18.5 Å². The Balaban J connectivity index is 1.69. The first-order valence-electron chi connectivity index (χ1n) is 8.45. The second kappa shape index (κ2) is 7.16. The molecule has 0 saturated heterocycles. The Hall–Kier alpha value is -3.07. The number of hydrogen-bond acceptors (Lipinski definition) is 6. The zero-order chi connectivity index (χ0) is 19.7. The zero-order valence-corrected chi connectivity index (χ0v) is 14.8. The van der Waals surface area contributed by atoms with E-state index in [4.69, 9.17) is 14.2 Å². The second-order valence-corrected chi connectivity index (χ2v) is 6.25. The molecule has 1 aliphatic heterocycles. The van der Waals surface area contributed by atoms with Crippen molar-refractivity contribution in [1.29, 1.82) is 0 Å². The number of rotatable bonds is 4. The number of aromatic nitrogens is 2. The molecular formula is C19H16F3N3O3. The van der Waals surface area contributed by atoms with Crippen molar-refractivity contribution in [1.82, 2.24) is 9.97 Å². The van der Waals surface area contributed by atoms with Crippen LogP contribution in [0.4, 0.5) is 24.7 Å². The van der Waals surface area contributed by atoms with Crippen molar-refractivity contribution in [3.8, 4) is 11.5 Å². The van der Waals surface area contributed by atoms with Gasteiger partial charge in [-0.05, 0) is 24.3 Å². The summed E-state index contributed by atoms with van der Waals surface area (Å²) in [5.41, 5.74) is 0.103. The van der Waals surface area contributed by atoms with E-state index >= 15 is 0 Å². The molecule has 1 N–H and O–H groups in total. The number of fused-ring (bicyclic) bond motifs is 2. The molecule has 3 aromatic rings. The largest absolute Gasteiger partial charge is 0.486 e. The lowest BCUT2D eigenvalue weighted by atomic mass is 10.1. The molecule has 0 bridgehead atoms. The van der Waals surface area contributed by atoms with Gasteiger partial charge in [-0.1, -0.05) is 6.07 Å². The van der Waals surface area contributed by atoms with Crippen LogP contribution in [-0.2, 0) is 10.9 Å². The lowest BCUT2D eigenvalue weighted by Gasteiger charge is -2.26. The topological polar surface area (TPSA) is 65.5 Å². The van der Waals surface area contributed by atoms with Gasteiger partial charge in [0.1, 0.15) is 18.8 Å². The number of ether oxygens (including phenoxy) is 3. The molecule has 9 heteroatoms. The van der Waals surface area contributed by atoms with Crippen LogP contribution in [0.3, 0.4) is 0 Å². The molecule has 28 heavy (non-hydrogen) atoms. The van der Waals surface area contributed by atoms with Crippen LogP contribution in [0.25, 0.3) is 10.9 Å². The summed E-state index contributed by atoms with van der Waals surface area (Å²) in [4.78, 5) is 8.39. The molecule has 1 atom stereocenters. The highest BCUT2D eigenvalue weighted by atomic mass is 19.4. The Labute approximate surface area is 158 Å². The van der Waals surface area contributed by atoms with Gasteiger partial charge in [0.05, 0.1) is 17.7 Å². The van der Waals surface area contributed by atoms with Crippen molar-refractivity contribution < 1.29 is 27.4 Å². The zero-order valence-electron chi connectivity index (χ0n) is 14.8. The molecule has 4 rings (SSSR count). The molecule has 0 fully saturated rings. The number of alkyl halides is 3. The number of anilines is 2. The lowest BCUT2D eigenvalue weighted by Crippen LogP contribution is -2.32. The molecule has 1 unspecified atom stereocenters. The summed E-state index contributed by atoms with van der Waals surface area (Å²) < 4.78 is 55.5. The van der Waals surface area contributed by atoms with Gasteiger partial charge in [-0.25, -0.2) is 9.97 Å². The highest BCUT2D eigenvalue weighted by molar-refractivity contribution is 5.93. The maximum atomic E-state index is 13.0. The fourth-order valence-corrected chi connectivity index (χ4v) is 2.94. The summed E-state index contributed by atoms with van der Waals surface area (Å²) in [5.74, 6) is 1.41. The summed E-state index contributed by atoms with van der Waals surface area (Å²) in [7, 11) is 1.57. The number of benzene rings is 2. The van der Waals surface area contributed by atoms with Crippen molar-refractivity contribution in [3.63, 3.8) is 0 Å². The SMILES string of the molecule is COCC1COc2cc3ncnc(Nc4cccc(C(F)(F)F)c4)c3cc2O1. The summed E-state index contributed by atoms with van der Waals surface area (Å²) in [6.07, 6.45) is -3.34. The Morgan fingerprint density at radius 1 is 1.18 bits per heavy atom. The molecule has 1 aliphatic rings. The van der Waals surface area contributed by atoms with Crippen LogP contribution in [0.2, 0.25) is 0 Å². The van der Waals surface area contributed by atoms with Gasteiger partial charge >= 0.3 is 6.18 Å². The maximum absolute atomic E-state index is 13.0. The molecule has 2 aromatic carbocycles. The van der Waals surface area contributed by atoms with Crippen molar-refractivity contribution in [3.05, 3.63) is 48.3 Å². The average Bonchev–Trinajstić information content (AvgIpc) is 2.67. The van der Waals surface area contributed by atoms with E-state index in [0.717, 1.165) is 12.1 Å². The third-order valence-electron chi connectivity index (χ3n) is 4.22. The van der Waals surface area contributed by atoms with Crippen LogP contribution in [0, 0.1) is 0 Å². The van der Waals surface area contributed by atoms with Gasteiger partial charge in [-0.15, -0.1) is 0 Å². The van der Waals surface area contributed by atoms with E-state index in [1.807, 2.05) is 0 Å². The Bertz CT molecular complexity index is 1010. The van der Waals surface area contributed by atoms with Crippen molar-refractivity contribution >= 4 is 22.4 Å². The van der Waals surface area contributed by atoms with Crippen molar-refractivity contribution in [2.45, 2.75) is 12.3 Å². The van der Waals surface area contributed by atoms with Crippen LogP contribution in [0.5, 0.6) is 11.5 Å². The maximum Gasteiger partial charge on any atom is 0.416 e. The van der Waals surface area contributed by atoms with E-state index in [9.17, 15) is 13.2 Å². The monoisotopic (exact) mass is 391 g/mol. The number of hydrogen-bond donors (Lipinski definition) is 1. The van der Waals surface area contributed by atoms with E-state index in [1.54, 1.807) is 19.2 Å². The van der Waals surface area contributed by atoms with Gasteiger partial charge in [0.2, 0.25) is 0 Å². The summed E-state index contributed by atoms with van der Waals surface area (Å²) in [6, 6.07) is 8.34. The predicted molar refractivity (Wildman–Crippen MR) is 96.1 cm³/mol. The summed E-state index contributed by atoms with van der Waals surface area (Å²) >= 11 is 0. The van der Waals surface area contributed by atoms with Crippen molar-refractivity contribution in [2.75, 3.05) is 25.6 Å². The molecule has 0 spiro atoms. The first-order valence-corrected chi connectivity index (χ1v) is 8.45. The van der Waals surface area contributed by atoms with Crippen LogP contribution in [0.1, 0.15) is 5.56 Å². The van der Waals surface area contributed by atoms with Gasteiger partial charge in [0.15, 0.2) is 17.6 Å². The first kappa shape index (κ1) is 18.3. The van der Waals surface area contributed by atoms with E-state index in [-0.39, 0.29) is 11.8 Å². The second-order valence-electron chi connectivity index (χ2n) is 6.25. The Kier molecular flexibility index (Phi) is 4.68. The van der Waals surface area contributed by atoms with Crippen LogP contribution in [0.15, 0.2) is 42.7 Å². The third kappa shape index (κ3) is 3.65. The average molecular weight is 391 g/mol. The predicted octanol–water partition coefficient (Wildman–Crippen LogP) is 4.18. The van der Waals surface area contributed by atoms with Gasteiger partial charge in [-0.3, -0.25) is 0 Å². The fraction of sp³-hybridized carbons (Fsp3) is 0.263. The minimum Gasteiger partial charge on any atom is -0.486 e. The van der Waals surface area contributed by atoms with E-state index < -0.39 is 11.7 Å². The molecule has 0 amide bonds. The molecule has 0 saturated carbocycles. The number of halogens is 3. The standard InChI is InChI=1S/C19H16F3N3O3/c1-26-8-13-9-27-16-7-15-14(6-17(16)28-13)18(24-10-23-15)25-12-4-2-3-11(5-12)19(20,21)22/h2-7,10,13H,8-9H2,1H3,(H,23,24,25).